The van der Waals surface area contributed by atoms with Gasteiger partial charge < -0.3 is 15.0 Å². The third kappa shape index (κ3) is 9.35. The van der Waals surface area contributed by atoms with E-state index >= 15 is 0 Å². The van der Waals surface area contributed by atoms with Gasteiger partial charge >= 0.3 is 0 Å². The number of rotatable bonds is 15. The fraction of sp³-hybridized carbons (Fsp3) is 0.481. The van der Waals surface area contributed by atoms with Crippen molar-refractivity contribution in [2.45, 2.75) is 59.0 Å². The number of nitrogens with one attached hydrogen (secondary N) is 1. The molecule has 37 heavy (non-hydrogen) atoms. The van der Waals surface area contributed by atoms with Gasteiger partial charge in [0.15, 0.2) is 0 Å². The average molecular weight is 536 g/mol. The second kappa shape index (κ2) is 14.6. The molecule has 0 heterocycles. The van der Waals surface area contributed by atoms with Gasteiger partial charge in [-0.25, -0.2) is 12.8 Å². The van der Waals surface area contributed by atoms with E-state index in [9.17, 15) is 22.4 Å². The predicted octanol–water partition coefficient (Wildman–Crippen LogP) is 4.10. The summed E-state index contributed by atoms with van der Waals surface area (Å²) >= 11 is 0. The number of carbonyl (C=O) groups is 2. The minimum Gasteiger partial charge on any atom is -0.494 e. The lowest BCUT2D eigenvalue weighted by molar-refractivity contribution is -0.141. The molecule has 0 saturated heterocycles. The maximum absolute atomic E-state index is 13.4. The van der Waals surface area contributed by atoms with Gasteiger partial charge in [0.1, 0.15) is 17.6 Å². The normalized spacial score (nSPS) is 12.0. The molecule has 0 spiro atoms. The molecular weight excluding hydrogens is 497 g/mol. The molecule has 0 radical (unpaired) electrons. The van der Waals surface area contributed by atoms with Crippen LogP contribution in [0.15, 0.2) is 48.5 Å². The van der Waals surface area contributed by atoms with E-state index in [2.05, 4.69) is 5.32 Å². The highest BCUT2D eigenvalue weighted by molar-refractivity contribution is 7.92. The van der Waals surface area contributed by atoms with Crippen molar-refractivity contribution >= 4 is 27.5 Å². The lowest BCUT2D eigenvalue weighted by atomic mass is 10.1. The first kappa shape index (κ1) is 30.1. The van der Waals surface area contributed by atoms with Crippen molar-refractivity contribution in [1.29, 1.82) is 0 Å². The summed E-state index contributed by atoms with van der Waals surface area (Å²) in [6.07, 6.45) is 2.59. The standard InChI is InChI=1S/C27H38FN3O5S/c1-5-18-29-27(33)25(6-2)30(20-21-10-12-22(28)13-11-21)26(32)9-8-19-31(37(4,34)35)23-14-16-24(17-15-23)36-7-3/h10-17,25H,5-9,18-20H2,1-4H3,(H,29,33). The summed E-state index contributed by atoms with van der Waals surface area (Å²) in [5, 5.41) is 2.85. The molecule has 8 nitrogen and oxygen atoms in total. The first-order chi connectivity index (χ1) is 17.6. The number of nitrogens with zero attached hydrogens (tertiary/aromatic N) is 2. The van der Waals surface area contributed by atoms with Crippen LogP contribution in [0.4, 0.5) is 10.1 Å². The van der Waals surface area contributed by atoms with Crippen LogP contribution in [-0.4, -0.2) is 57.1 Å². The molecular formula is C27H38FN3O5S. The number of anilines is 1. The summed E-state index contributed by atoms with van der Waals surface area (Å²) in [5.41, 5.74) is 1.18. The summed E-state index contributed by atoms with van der Waals surface area (Å²) in [5.74, 6) is -0.266. The van der Waals surface area contributed by atoms with Gasteiger partial charge in [0.2, 0.25) is 21.8 Å². The zero-order valence-corrected chi connectivity index (χ0v) is 22.9. The van der Waals surface area contributed by atoms with Crippen LogP contribution < -0.4 is 14.4 Å². The fourth-order valence-corrected chi connectivity index (χ4v) is 4.92. The van der Waals surface area contributed by atoms with Crippen molar-refractivity contribution in [3.63, 3.8) is 0 Å². The summed E-state index contributed by atoms with van der Waals surface area (Å²) in [7, 11) is -3.59. The molecule has 0 bridgehead atoms. The van der Waals surface area contributed by atoms with Crippen LogP contribution in [0.25, 0.3) is 0 Å². The van der Waals surface area contributed by atoms with Crippen molar-refractivity contribution in [1.82, 2.24) is 10.2 Å². The molecule has 0 saturated carbocycles. The van der Waals surface area contributed by atoms with Crippen LogP contribution in [-0.2, 0) is 26.2 Å². The molecule has 1 atom stereocenters. The zero-order chi connectivity index (χ0) is 27.4. The van der Waals surface area contributed by atoms with Crippen LogP contribution in [0, 0.1) is 5.82 Å². The molecule has 10 heteroatoms. The van der Waals surface area contributed by atoms with E-state index in [4.69, 9.17) is 4.74 Å². The minimum atomic E-state index is -3.59. The molecule has 0 aliphatic carbocycles. The largest absolute Gasteiger partial charge is 0.494 e. The molecule has 0 fully saturated rings. The SMILES string of the molecule is CCCNC(=O)C(CC)N(Cc1ccc(F)cc1)C(=O)CCCN(c1ccc(OCC)cc1)S(C)(=O)=O. The minimum absolute atomic E-state index is 0.0435. The Balaban J connectivity index is 2.18. The molecule has 0 aliphatic rings. The van der Waals surface area contributed by atoms with Crippen LogP contribution >= 0.6 is 0 Å². The van der Waals surface area contributed by atoms with E-state index in [1.54, 1.807) is 36.4 Å². The lowest BCUT2D eigenvalue weighted by Crippen LogP contribution is -2.49. The van der Waals surface area contributed by atoms with Gasteiger partial charge in [-0.05, 0) is 68.1 Å². The highest BCUT2D eigenvalue weighted by Gasteiger charge is 2.28. The van der Waals surface area contributed by atoms with Crippen LogP contribution in [0.5, 0.6) is 5.75 Å². The van der Waals surface area contributed by atoms with Gasteiger partial charge in [0, 0.05) is 26.1 Å². The van der Waals surface area contributed by atoms with E-state index in [1.807, 2.05) is 20.8 Å². The molecule has 0 aliphatic heterocycles. The first-order valence-corrected chi connectivity index (χ1v) is 14.5. The summed E-state index contributed by atoms with van der Waals surface area (Å²) in [4.78, 5) is 27.7. The Morgan fingerprint density at radius 2 is 1.68 bits per heavy atom. The monoisotopic (exact) mass is 535 g/mol. The highest BCUT2D eigenvalue weighted by atomic mass is 32.2. The lowest BCUT2D eigenvalue weighted by Gasteiger charge is -2.31. The number of benzene rings is 2. The smallest absolute Gasteiger partial charge is 0.242 e. The number of sulfonamides is 1. The number of halogens is 1. The topological polar surface area (TPSA) is 96.0 Å². The first-order valence-electron chi connectivity index (χ1n) is 12.6. The van der Waals surface area contributed by atoms with Crippen LogP contribution in [0.1, 0.15) is 52.0 Å². The van der Waals surface area contributed by atoms with Gasteiger partial charge in [-0.2, -0.15) is 0 Å². The Morgan fingerprint density at radius 3 is 2.22 bits per heavy atom. The van der Waals surface area contributed by atoms with E-state index in [0.29, 0.717) is 36.6 Å². The van der Waals surface area contributed by atoms with Crippen molar-refractivity contribution in [2.24, 2.45) is 0 Å². The summed E-state index contributed by atoms with van der Waals surface area (Å²) < 4.78 is 45.1. The second-order valence-corrected chi connectivity index (χ2v) is 10.6. The number of hydrogen-bond acceptors (Lipinski definition) is 5. The summed E-state index contributed by atoms with van der Waals surface area (Å²) in [6.45, 7) is 6.89. The van der Waals surface area contributed by atoms with Gasteiger partial charge in [-0.3, -0.25) is 13.9 Å². The van der Waals surface area contributed by atoms with E-state index in [1.165, 1.54) is 21.3 Å². The average Bonchev–Trinajstić information content (AvgIpc) is 2.86. The number of hydrogen-bond donors (Lipinski definition) is 1. The van der Waals surface area contributed by atoms with Gasteiger partial charge in [-0.15, -0.1) is 0 Å². The van der Waals surface area contributed by atoms with Crippen molar-refractivity contribution in [3.05, 3.63) is 59.9 Å². The van der Waals surface area contributed by atoms with Crippen LogP contribution in [0.2, 0.25) is 0 Å². The number of amides is 2. The Labute approximate surface area is 219 Å². The van der Waals surface area contributed by atoms with E-state index in [-0.39, 0.29) is 43.6 Å². The van der Waals surface area contributed by atoms with E-state index < -0.39 is 16.1 Å². The quantitative estimate of drug-likeness (QED) is 0.370. The molecule has 2 aromatic carbocycles. The maximum atomic E-state index is 13.4. The Morgan fingerprint density at radius 1 is 1.03 bits per heavy atom. The van der Waals surface area contributed by atoms with Gasteiger partial charge in [0.05, 0.1) is 18.6 Å². The Hall–Kier alpha value is -3.14. The molecule has 1 N–H and O–H groups in total. The van der Waals surface area contributed by atoms with Crippen molar-refractivity contribution in [2.75, 3.05) is 30.3 Å². The molecule has 0 aromatic heterocycles. The van der Waals surface area contributed by atoms with Crippen molar-refractivity contribution in [3.8, 4) is 5.75 Å². The van der Waals surface area contributed by atoms with Crippen molar-refractivity contribution < 1.29 is 27.1 Å². The molecule has 2 aromatic rings. The van der Waals surface area contributed by atoms with E-state index in [0.717, 1.165) is 12.7 Å². The third-order valence-electron chi connectivity index (χ3n) is 5.79. The second-order valence-electron chi connectivity index (χ2n) is 8.73. The molecule has 204 valence electrons. The molecule has 2 amide bonds. The predicted molar refractivity (Wildman–Crippen MR) is 143 cm³/mol. The van der Waals surface area contributed by atoms with Gasteiger partial charge in [0.25, 0.3) is 0 Å². The van der Waals surface area contributed by atoms with Crippen LogP contribution in [0.3, 0.4) is 0 Å². The zero-order valence-electron chi connectivity index (χ0n) is 22.1. The Kier molecular flexibility index (Phi) is 11.8. The number of ether oxygens (including phenoxy) is 1. The maximum Gasteiger partial charge on any atom is 0.242 e. The fourth-order valence-electron chi connectivity index (χ4n) is 3.95. The Bertz CT molecular complexity index is 1110. The highest BCUT2D eigenvalue weighted by Crippen LogP contribution is 2.23. The third-order valence-corrected chi connectivity index (χ3v) is 6.98. The number of carbonyl (C=O) groups excluding carboxylic acids is 2. The molecule has 1 unspecified atom stereocenters. The molecule has 2 rings (SSSR count). The summed E-state index contributed by atoms with van der Waals surface area (Å²) in [6, 6.07) is 11.8. The van der Waals surface area contributed by atoms with Gasteiger partial charge in [-0.1, -0.05) is 26.0 Å².